The lowest BCUT2D eigenvalue weighted by Gasteiger charge is -2.00. The molecule has 0 aliphatic carbocycles. The molecule has 0 unspecified atom stereocenters. The minimum absolute atomic E-state index is 0.0381. The second-order valence-corrected chi connectivity index (χ2v) is 2.48. The molecule has 0 bridgehead atoms. The average Bonchev–Trinajstić information content (AvgIpc) is 2.67. The molecule has 2 rings (SSSR count). The molecule has 1 N–H and O–H groups in total. The molecule has 0 radical (unpaired) electrons. The van der Waals surface area contributed by atoms with Crippen molar-refractivity contribution in [3.05, 3.63) is 36.4 Å². The van der Waals surface area contributed by atoms with Crippen molar-refractivity contribution in [2.24, 2.45) is 0 Å². The standard InChI is InChI=1S/C8H6N4O2/c13-7(14)6-2-5-11-12(6)8-9-3-1-4-10-8/h1-5H,(H,13,14). The van der Waals surface area contributed by atoms with E-state index in [2.05, 4.69) is 15.1 Å². The quantitative estimate of drug-likeness (QED) is 0.739. The highest BCUT2D eigenvalue weighted by Crippen LogP contribution is 2.03. The first-order valence-corrected chi connectivity index (χ1v) is 3.84. The Morgan fingerprint density at radius 3 is 2.64 bits per heavy atom. The summed E-state index contributed by atoms with van der Waals surface area (Å²) in [6.45, 7) is 0. The van der Waals surface area contributed by atoms with Gasteiger partial charge in [0.2, 0.25) is 0 Å². The zero-order valence-corrected chi connectivity index (χ0v) is 7.03. The minimum Gasteiger partial charge on any atom is -0.477 e. The molecule has 0 aliphatic rings. The predicted octanol–water partition coefficient (Wildman–Crippen LogP) is 0.360. The Kier molecular flexibility index (Phi) is 1.94. The minimum atomic E-state index is -1.06. The SMILES string of the molecule is O=C(O)c1ccnn1-c1ncccn1. The Morgan fingerprint density at radius 1 is 1.29 bits per heavy atom. The van der Waals surface area contributed by atoms with Crippen molar-refractivity contribution in [2.45, 2.75) is 0 Å². The molecule has 14 heavy (non-hydrogen) atoms. The lowest BCUT2D eigenvalue weighted by atomic mass is 10.4. The molecule has 6 heteroatoms. The highest BCUT2D eigenvalue weighted by Gasteiger charge is 2.12. The largest absolute Gasteiger partial charge is 0.477 e. The van der Waals surface area contributed by atoms with Crippen molar-refractivity contribution in [1.29, 1.82) is 0 Å². The smallest absolute Gasteiger partial charge is 0.354 e. The monoisotopic (exact) mass is 190 g/mol. The third-order valence-electron chi connectivity index (χ3n) is 1.60. The molecule has 0 atom stereocenters. The normalized spacial score (nSPS) is 10.0. The topological polar surface area (TPSA) is 80.9 Å². The maximum absolute atomic E-state index is 10.7. The van der Waals surface area contributed by atoms with Crippen LogP contribution in [0.5, 0.6) is 0 Å². The van der Waals surface area contributed by atoms with E-state index in [-0.39, 0.29) is 11.6 Å². The summed E-state index contributed by atoms with van der Waals surface area (Å²) in [6, 6.07) is 3.03. The fraction of sp³-hybridized carbons (Fsp3) is 0. The number of rotatable bonds is 2. The van der Waals surface area contributed by atoms with Crippen molar-refractivity contribution in [2.75, 3.05) is 0 Å². The summed E-state index contributed by atoms with van der Waals surface area (Å²) in [6.07, 6.45) is 4.44. The molecule has 0 aromatic carbocycles. The van der Waals surface area contributed by atoms with Gasteiger partial charge in [0.1, 0.15) is 0 Å². The summed E-state index contributed by atoms with van der Waals surface area (Å²) in [4.78, 5) is 18.5. The Hall–Kier alpha value is -2.24. The van der Waals surface area contributed by atoms with E-state index in [0.717, 1.165) is 0 Å². The summed E-state index contributed by atoms with van der Waals surface area (Å²) >= 11 is 0. The number of aromatic carboxylic acids is 1. The molecule has 6 nitrogen and oxygen atoms in total. The van der Waals surface area contributed by atoms with Crippen LogP contribution in [0.25, 0.3) is 5.95 Å². The summed E-state index contributed by atoms with van der Waals surface area (Å²) in [5.41, 5.74) is 0.0381. The van der Waals surface area contributed by atoms with Gasteiger partial charge in [0, 0.05) is 12.4 Å². The van der Waals surface area contributed by atoms with E-state index in [4.69, 9.17) is 5.11 Å². The van der Waals surface area contributed by atoms with Crippen molar-refractivity contribution in [3.63, 3.8) is 0 Å². The first kappa shape index (κ1) is 8.36. The zero-order chi connectivity index (χ0) is 9.97. The molecule has 0 saturated carbocycles. The average molecular weight is 190 g/mol. The van der Waals surface area contributed by atoms with Gasteiger partial charge >= 0.3 is 5.97 Å². The van der Waals surface area contributed by atoms with Gasteiger partial charge in [-0.1, -0.05) is 0 Å². The summed E-state index contributed by atoms with van der Waals surface area (Å²) in [7, 11) is 0. The van der Waals surface area contributed by atoms with Gasteiger partial charge in [-0.15, -0.1) is 0 Å². The van der Waals surface area contributed by atoms with Crippen molar-refractivity contribution in [1.82, 2.24) is 19.7 Å². The van der Waals surface area contributed by atoms with Crippen LogP contribution in [-0.2, 0) is 0 Å². The number of hydrogen-bond donors (Lipinski definition) is 1. The molecule has 0 spiro atoms. The number of hydrogen-bond acceptors (Lipinski definition) is 4. The van der Waals surface area contributed by atoms with Crippen molar-refractivity contribution < 1.29 is 9.90 Å². The van der Waals surface area contributed by atoms with E-state index in [1.165, 1.54) is 29.3 Å². The highest BCUT2D eigenvalue weighted by molar-refractivity contribution is 5.85. The summed E-state index contributed by atoms with van der Waals surface area (Å²) in [5, 5.41) is 12.6. The maximum Gasteiger partial charge on any atom is 0.354 e. The Bertz CT molecular complexity index is 451. The van der Waals surface area contributed by atoms with Crippen LogP contribution in [0.1, 0.15) is 10.5 Å². The Labute approximate surface area is 78.9 Å². The van der Waals surface area contributed by atoms with E-state index in [1.54, 1.807) is 6.07 Å². The molecule has 2 aromatic rings. The molecule has 0 fully saturated rings. The number of carboxylic acids is 1. The van der Waals surface area contributed by atoms with Gasteiger partial charge in [-0.05, 0) is 12.1 Å². The first-order valence-electron chi connectivity index (χ1n) is 3.84. The van der Waals surface area contributed by atoms with Gasteiger partial charge in [-0.2, -0.15) is 9.78 Å². The third-order valence-corrected chi connectivity index (χ3v) is 1.60. The van der Waals surface area contributed by atoms with Crippen LogP contribution in [0.2, 0.25) is 0 Å². The van der Waals surface area contributed by atoms with Gasteiger partial charge in [0.15, 0.2) is 5.69 Å². The van der Waals surface area contributed by atoms with Crippen molar-refractivity contribution in [3.8, 4) is 5.95 Å². The van der Waals surface area contributed by atoms with E-state index >= 15 is 0 Å². The van der Waals surface area contributed by atoms with Gasteiger partial charge < -0.3 is 5.11 Å². The van der Waals surface area contributed by atoms with Crippen LogP contribution in [-0.4, -0.2) is 30.8 Å². The molecule has 0 amide bonds. The van der Waals surface area contributed by atoms with Crippen LogP contribution < -0.4 is 0 Å². The highest BCUT2D eigenvalue weighted by atomic mass is 16.4. The van der Waals surface area contributed by atoms with Gasteiger partial charge in [0.05, 0.1) is 6.20 Å². The second-order valence-electron chi connectivity index (χ2n) is 2.48. The van der Waals surface area contributed by atoms with Gasteiger partial charge in [-0.25, -0.2) is 14.8 Å². The molecular formula is C8H6N4O2. The van der Waals surface area contributed by atoms with Crippen molar-refractivity contribution >= 4 is 5.97 Å². The van der Waals surface area contributed by atoms with E-state index in [0.29, 0.717) is 0 Å². The van der Waals surface area contributed by atoms with E-state index in [9.17, 15) is 4.79 Å². The molecule has 2 heterocycles. The van der Waals surface area contributed by atoms with Crippen LogP contribution in [0, 0.1) is 0 Å². The lowest BCUT2D eigenvalue weighted by molar-refractivity contribution is 0.0686. The molecule has 0 saturated heterocycles. The lowest BCUT2D eigenvalue weighted by Crippen LogP contribution is -2.10. The number of aromatic nitrogens is 4. The number of carbonyl (C=O) groups is 1. The van der Waals surface area contributed by atoms with Crippen LogP contribution in [0.15, 0.2) is 30.7 Å². The van der Waals surface area contributed by atoms with Crippen LogP contribution in [0.4, 0.5) is 0 Å². The molecule has 0 aliphatic heterocycles. The zero-order valence-electron chi connectivity index (χ0n) is 7.03. The van der Waals surface area contributed by atoms with E-state index in [1.807, 2.05) is 0 Å². The van der Waals surface area contributed by atoms with Crippen LogP contribution in [0.3, 0.4) is 0 Å². The predicted molar refractivity (Wildman–Crippen MR) is 46.1 cm³/mol. The first-order chi connectivity index (χ1) is 6.79. The fourth-order valence-electron chi connectivity index (χ4n) is 1.03. The Morgan fingerprint density at radius 2 is 2.00 bits per heavy atom. The molecule has 2 aromatic heterocycles. The molecular weight excluding hydrogens is 184 g/mol. The second kappa shape index (κ2) is 3.25. The van der Waals surface area contributed by atoms with Gasteiger partial charge in [-0.3, -0.25) is 0 Å². The maximum atomic E-state index is 10.7. The third kappa shape index (κ3) is 1.33. The number of nitrogens with zero attached hydrogens (tertiary/aromatic N) is 4. The van der Waals surface area contributed by atoms with Gasteiger partial charge in [0.25, 0.3) is 5.95 Å². The Balaban J connectivity index is 2.52. The fourth-order valence-corrected chi connectivity index (χ4v) is 1.03. The number of carboxylic acid groups (broad SMARTS) is 1. The van der Waals surface area contributed by atoms with E-state index < -0.39 is 5.97 Å². The summed E-state index contributed by atoms with van der Waals surface area (Å²) < 4.78 is 1.17. The van der Waals surface area contributed by atoms with Crippen LogP contribution >= 0.6 is 0 Å². The summed E-state index contributed by atoms with van der Waals surface area (Å²) in [5.74, 6) is -0.815. The molecule has 70 valence electrons.